The van der Waals surface area contributed by atoms with E-state index in [1.807, 2.05) is 49.4 Å². The van der Waals surface area contributed by atoms with Crippen LogP contribution >= 0.6 is 0 Å². The Kier molecular flexibility index (Phi) is 5.89. The summed E-state index contributed by atoms with van der Waals surface area (Å²) in [7, 11) is 0. The van der Waals surface area contributed by atoms with Gasteiger partial charge in [0.05, 0.1) is 6.04 Å². The van der Waals surface area contributed by atoms with Gasteiger partial charge in [-0.15, -0.1) is 0 Å². The number of aromatic nitrogens is 2. The molecule has 0 aliphatic carbocycles. The maximum atomic E-state index is 12.5. The van der Waals surface area contributed by atoms with E-state index in [-0.39, 0.29) is 23.6 Å². The van der Waals surface area contributed by atoms with Gasteiger partial charge in [-0.3, -0.25) is 19.6 Å². The summed E-state index contributed by atoms with van der Waals surface area (Å²) in [6, 6.07) is 16.3. The number of amides is 2. The Bertz CT molecular complexity index is 914. The highest BCUT2D eigenvalue weighted by Crippen LogP contribution is 2.12. The van der Waals surface area contributed by atoms with Gasteiger partial charge in [0.1, 0.15) is 5.69 Å². The molecule has 3 aromatic rings. The fourth-order valence-corrected chi connectivity index (χ4v) is 2.57. The Morgan fingerprint density at radius 1 is 0.963 bits per heavy atom. The third kappa shape index (κ3) is 4.98. The van der Waals surface area contributed by atoms with E-state index in [1.165, 1.54) is 12.3 Å². The first-order chi connectivity index (χ1) is 13.1. The number of hydrogen-bond acceptors (Lipinski definition) is 4. The lowest BCUT2D eigenvalue weighted by Crippen LogP contribution is -2.28. The Hall–Kier alpha value is -3.54. The molecule has 2 heterocycles. The van der Waals surface area contributed by atoms with Crippen molar-refractivity contribution in [1.82, 2.24) is 20.6 Å². The molecule has 2 aromatic heterocycles. The van der Waals surface area contributed by atoms with Crippen molar-refractivity contribution in [2.24, 2.45) is 0 Å². The predicted molar refractivity (Wildman–Crippen MR) is 102 cm³/mol. The summed E-state index contributed by atoms with van der Waals surface area (Å²) in [6.07, 6.45) is 4.79. The molecule has 0 spiro atoms. The zero-order valence-corrected chi connectivity index (χ0v) is 14.9. The van der Waals surface area contributed by atoms with E-state index in [4.69, 9.17) is 0 Å². The summed E-state index contributed by atoms with van der Waals surface area (Å²) in [5, 5.41) is 5.72. The second-order valence-electron chi connectivity index (χ2n) is 6.07. The van der Waals surface area contributed by atoms with Gasteiger partial charge in [-0.05, 0) is 42.3 Å². The van der Waals surface area contributed by atoms with Gasteiger partial charge in [0.15, 0.2) is 0 Å². The summed E-state index contributed by atoms with van der Waals surface area (Å²) < 4.78 is 0. The molecule has 0 bridgehead atoms. The van der Waals surface area contributed by atoms with Gasteiger partial charge in [-0.1, -0.05) is 30.3 Å². The highest BCUT2D eigenvalue weighted by molar-refractivity contribution is 5.98. The van der Waals surface area contributed by atoms with Crippen LogP contribution < -0.4 is 10.6 Å². The average molecular weight is 360 g/mol. The molecule has 0 radical (unpaired) electrons. The molecule has 0 aliphatic heterocycles. The Balaban J connectivity index is 1.64. The molecular weight excluding hydrogens is 340 g/mol. The lowest BCUT2D eigenvalue weighted by molar-refractivity contribution is 0.0939. The van der Waals surface area contributed by atoms with E-state index in [0.717, 1.165) is 11.1 Å². The van der Waals surface area contributed by atoms with Gasteiger partial charge in [0, 0.05) is 30.7 Å². The first-order valence-corrected chi connectivity index (χ1v) is 8.62. The lowest BCUT2D eigenvalue weighted by atomic mass is 10.1. The van der Waals surface area contributed by atoms with Crippen LogP contribution in [0.4, 0.5) is 0 Å². The Labute approximate surface area is 157 Å². The van der Waals surface area contributed by atoms with Gasteiger partial charge in [-0.2, -0.15) is 0 Å². The van der Waals surface area contributed by atoms with Crippen molar-refractivity contribution < 1.29 is 9.59 Å². The summed E-state index contributed by atoms with van der Waals surface area (Å²) in [4.78, 5) is 32.8. The van der Waals surface area contributed by atoms with Crippen LogP contribution in [0.2, 0.25) is 0 Å². The van der Waals surface area contributed by atoms with Crippen LogP contribution in [-0.2, 0) is 6.54 Å². The van der Waals surface area contributed by atoms with Crippen LogP contribution in [0, 0.1) is 0 Å². The zero-order valence-electron chi connectivity index (χ0n) is 14.9. The normalized spacial score (nSPS) is 11.4. The number of rotatable bonds is 6. The molecule has 2 N–H and O–H groups in total. The number of carbonyl (C=O) groups excluding carboxylic acids is 2. The first-order valence-electron chi connectivity index (χ1n) is 8.62. The molecule has 0 saturated heterocycles. The average Bonchev–Trinajstić information content (AvgIpc) is 2.73. The molecule has 1 unspecified atom stereocenters. The van der Waals surface area contributed by atoms with Crippen molar-refractivity contribution in [3.8, 4) is 0 Å². The van der Waals surface area contributed by atoms with Crippen LogP contribution in [0.25, 0.3) is 0 Å². The summed E-state index contributed by atoms with van der Waals surface area (Å²) in [5.74, 6) is -0.588. The molecule has 136 valence electrons. The summed E-state index contributed by atoms with van der Waals surface area (Å²) >= 11 is 0. The van der Waals surface area contributed by atoms with Crippen molar-refractivity contribution in [2.75, 3.05) is 0 Å². The number of hydrogen-bond donors (Lipinski definition) is 2. The number of nitrogens with zero attached hydrogens (tertiary/aromatic N) is 2. The number of benzene rings is 1. The quantitative estimate of drug-likeness (QED) is 0.708. The molecular formula is C21H20N4O2. The minimum Gasteiger partial charge on any atom is -0.347 e. The number of pyridine rings is 2. The van der Waals surface area contributed by atoms with Crippen LogP contribution in [0.1, 0.15) is 44.9 Å². The molecule has 0 saturated carbocycles. The molecule has 1 atom stereocenters. The second kappa shape index (κ2) is 8.71. The molecule has 3 rings (SSSR count). The molecule has 0 aliphatic rings. The van der Waals surface area contributed by atoms with Gasteiger partial charge < -0.3 is 10.6 Å². The maximum Gasteiger partial charge on any atom is 0.270 e. The maximum absolute atomic E-state index is 12.5. The first kappa shape index (κ1) is 18.3. The molecule has 27 heavy (non-hydrogen) atoms. The topological polar surface area (TPSA) is 84.0 Å². The highest BCUT2D eigenvalue weighted by Gasteiger charge is 2.14. The Morgan fingerprint density at radius 2 is 1.70 bits per heavy atom. The zero-order chi connectivity index (χ0) is 19.1. The predicted octanol–water partition coefficient (Wildman–Crippen LogP) is 2.90. The van der Waals surface area contributed by atoms with Crippen LogP contribution in [0.3, 0.4) is 0 Å². The van der Waals surface area contributed by atoms with Gasteiger partial charge >= 0.3 is 0 Å². The third-order valence-corrected chi connectivity index (χ3v) is 4.10. The van der Waals surface area contributed by atoms with Crippen molar-refractivity contribution in [3.05, 3.63) is 95.6 Å². The SMILES string of the molecule is CC(NC(=O)c1ccnc(C(=O)NCc2ccncc2)c1)c1ccccc1. The second-order valence-corrected chi connectivity index (χ2v) is 6.07. The molecule has 2 amide bonds. The monoisotopic (exact) mass is 360 g/mol. The van der Waals surface area contributed by atoms with E-state index in [0.29, 0.717) is 12.1 Å². The van der Waals surface area contributed by atoms with Gasteiger partial charge in [0.25, 0.3) is 11.8 Å². The molecule has 6 heteroatoms. The summed E-state index contributed by atoms with van der Waals surface area (Å²) in [5.41, 5.74) is 2.53. The van der Waals surface area contributed by atoms with Crippen molar-refractivity contribution in [1.29, 1.82) is 0 Å². The largest absolute Gasteiger partial charge is 0.347 e. The van der Waals surface area contributed by atoms with Crippen molar-refractivity contribution >= 4 is 11.8 Å². The minimum atomic E-state index is -0.336. The molecule has 1 aromatic carbocycles. The van der Waals surface area contributed by atoms with Crippen LogP contribution in [0.5, 0.6) is 0 Å². The molecule has 6 nitrogen and oxygen atoms in total. The van der Waals surface area contributed by atoms with E-state index >= 15 is 0 Å². The standard InChI is InChI=1S/C21H20N4O2/c1-15(17-5-3-2-4-6-17)25-20(26)18-9-12-23-19(13-18)21(27)24-14-16-7-10-22-11-8-16/h2-13,15H,14H2,1H3,(H,24,27)(H,25,26). The van der Waals surface area contributed by atoms with Gasteiger partial charge in [0.2, 0.25) is 0 Å². The fourth-order valence-electron chi connectivity index (χ4n) is 2.57. The lowest BCUT2D eigenvalue weighted by Gasteiger charge is -2.14. The van der Waals surface area contributed by atoms with E-state index < -0.39 is 0 Å². The molecule has 0 fully saturated rings. The highest BCUT2D eigenvalue weighted by atomic mass is 16.2. The van der Waals surface area contributed by atoms with Crippen LogP contribution in [-0.4, -0.2) is 21.8 Å². The van der Waals surface area contributed by atoms with E-state index in [2.05, 4.69) is 20.6 Å². The number of carbonyl (C=O) groups is 2. The van der Waals surface area contributed by atoms with Gasteiger partial charge in [-0.25, -0.2) is 0 Å². The summed E-state index contributed by atoms with van der Waals surface area (Å²) in [6.45, 7) is 2.28. The Morgan fingerprint density at radius 3 is 2.44 bits per heavy atom. The fraction of sp³-hybridized carbons (Fsp3) is 0.143. The van der Waals surface area contributed by atoms with Crippen molar-refractivity contribution in [2.45, 2.75) is 19.5 Å². The smallest absolute Gasteiger partial charge is 0.270 e. The number of nitrogens with one attached hydrogen (secondary N) is 2. The minimum absolute atomic E-state index is 0.143. The van der Waals surface area contributed by atoms with E-state index in [9.17, 15) is 9.59 Å². The van der Waals surface area contributed by atoms with Crippen molar-refractivity contribution in [3.63, 3.8) is 0 Å². The van der Waals surface area contributed by atoms with Crippen LogP contribution in [0.15, 0.2) is 73.2 Å². The van der Waals surface area contributed by atoms with E-state index in [1.54, 1.807) is 18.5 Å². The third-order valence-electron chi connectivity index (χ3n) is 4.10.